The van der Waals surface area contributed by atoms with E-state index in [1.54, 1.807) is 22.9 Å². The quantitative estimate of drug-likeness (QED) is 0.0728. The Morgan fingerprint density at radius 1 is 0.919 bits per heavy atom. The third-order valence-electron chi connectivity index (χ3n) is 12.4. The number of amides is 5. The van der Waals surface area contributed by atoms with Crippen LogP contribution in [-0.2, 0) is 33.9 Å². The van der Waals surface area contributed by atoms with Gasteiger partial charge in [-0.2, -0.15) is 0 Å². The minimum absolute atomic E-state index is 0.00324. The van der Waals surface area contributed by atoms with Crippen molar-refractivity contribution in [2.24, 2.45) is 5.92 Å². The summed E-state index contributed by atoms with van der Waals surface area (Å²) < 4.78 is 1.74. The Kier molecular flexibility index (Phi) is 11.6. The SMILES string of the molecule is O=C1CCC(N2C(=O)c3cccc(NCCCn4cc(CCCC(=O)Nc5cccc(-c6ccc7c(c6)[C@H]6[C@H](CCN6Cc6ccncc6)[C@@H](CO)N7)c5)nn4)c3C2=O)C(=O)N1. The molecule has 5 amide bonds. The average molecular weight is 837 g/mol. The number of piperidine rings is 1. The number of aromatic nitrogens is 4. The molecule has 0 aliphatic carbocycles. The Balaban J connectivity index is 0.752. The maximum atomic E-state index is 13.4. The number of aryl methyl sites for hydroxylation is 2. The Morgan fingerprint density at radius 3 is 2.60 bits per heavy atom. The summed E-state index contributed by atoms with van der Waals surface area (Å²) >= 11 is 0. The van der Waals surface area contributed by atoms with Crippen molar-refractivity contribution >= 4 is 46.6 Å². The van der Waals surface area contributed by atoms with Crippen LogP contribution >= 0.6 is 0 Å². The van der Waals surface area contributed by atoms with E-state index in [1.165, 1.54) is 11.1 Å². The Hall–Kier alpha value is -6.78. The summed E-state index contributed by atoms with van der Waals surface area (Å²) in [5, 5.41) is 30.9. The van der Waals surface area contributed by atoms with E-state index in [2.05, 4.69) is 77.9 Å². The van der Waals surface area contributed by atoms with Crippen LogP contribution < -0.4 is 21.3 Å². The number of carbonyl (C=O) groups is 5. The van der Waals surface area contributed by atoms with Gasteiger partial charge in [-0.25, -0.2) is 0 Å². The number of hydrogen-bond donors (Lipinski definition) is 5. The summed E-state index contributed by atoms with van der Waals surface area (Å²) in [4.78, 5) is 71.3. The second-order valence-corrected chi connectivity index (χ2v) is 16.4. The molecule has 62 heavy (non-hydrogen) atoms. The maximum Gasteiger partial charge on any atom is 0.264 e. The highest BCUT2D eigenvalue weighted by molar-refractivity contribution is 6.25. The molecular formula is C46H48N10O6. The van der Waals surface area contributed by atoms with E-state index in [1.807, 2.05) is 36.8 Å². The first-order valence-electron chi connectivity index (χ1n) is 21.3. The predicted molar refractivity (Wildman–Crippen MR) is 230 cm³/mol. The molecule has 3 aromatic carbocycles. The molecule has 0 spiro atoms. The smallest absolute Gasteiger partial charge is 0.264 e. The summed E-state index contributed by atoms with van der Waals surface area (Å²) in [7, 11) is 0. The molecule has 4 aliphatic heterocycles. The molecule has 2 saturated heterocycles. The molecule has 318 valence electrons. The van der Waals surface area contributed by atoms with E-state index in [0.717, 1.165) is 52.6 Å². The van der Waals surface area contributed by atoms with Gasteiger partial charge < -0.3 is 21.1 Å². The van der Waals surface area contributed by atoms with Crippen LogP contribution in [-0.4, -0.2) is 96.2 Å². The number of hydrogen-bond acceptors (Lipinski definition) is 12. The number of rotatable bonds is 15. The fraction of sp³-hybridized carbons (Fsp3) is 0.348. The fourth-order valence-electron chi connectivity index (χ4n) is 9.36. The molecular weight excluding hydrogens is 789 g/mol. The van der Waals surface area contributed by atoms with Gasteiger partial charge in [-0.1, -0.05) is 29.5 Å². The highest BCUT2D eigenvalue weighted by atomic mass is 16.3. The number of anilines is 3. The molecule has 2 aromatic heterocycles. The van der Waals surface area contributed by atoms with Crippen LogP contribution in [0.4, 0.5) is 17.1 Å². The van der Waals surface area contributed by atoms with E-state index in [-0.39, 0.29) is 54.5 Å². The third-order valence-corrected chi connectivity index (χ3v) is 12.4. The molecule has 16 nitrogen and oxygen atoms in total. The molecule has 4 atom stereocenters. The zero-order valence-corrected chi connectivity index (χ0v) is 34.1. The van der Waals surface area contributed by atoms with Gasteiger partial charge in [-0.15, -0.1) is 5.10 Å². The van der Waals surface area contributed by atoms with Crippen molar-refractivity contribution in [3.8, 4) is 11.1 Å². The first-order chi connectivity index (χ1) is 30.2. The monoisotopic (exact) mass is 836 g/mol. The fourth-order valence-corrected chi connectivity index (χ4v) is 9.36. The summed E-state index contributed by atoms with van der Waals surface area (Å²) in [6.45, 7) is 2.88. The average Bonchev–Trinajstić information content (AvgIpc) is 3.99. The lowest BCUT2D eigenvalue weighted by Gasteiger charge is -2.39. The number of aliphatic hydroxyl groups is 1. The molecule has 9 rings (SSSR count). The molecule has 4 aliphatic rings. The van der Waals surface area contributed by atoms with Gasteiger partial charge in [-0.3, -0.25) is 48.8 Å². The van der Waals surface area contributed by atoms with E-state index in [9.17, 15) is 29.1 Å². The number of fused-ring (bicyclic) bond motifs is 4. The zero-order valence-electron chi connectivity index (χ0n) is 34.1. The number of benzene rings is 3. The lowest BCUT2D eigenvalue weighted by atomic mass is 9.82. The Bertz CT molecular complexity index is 2530. The molecule has 6 heterocycles. The van der Waals surface area contributed by atoms with Gasteiger partial charge >= 0.3 is 0 Å². The zero-order chi connectivity index (χ0) is 42.7. The van der Waals surface area contributed by atoms with Crippen LogP contribution in [0.25, 0.3) is 11.1 Å². The van der Waals surface area contributed by atoms with Crippen LogP contribution in [0.5, 0.6) is 0 Å². The van der Waals surface area contributed by atoms with Crippen molar-refractivity contribution in [1.82, 2.24) is 35.1 Å². The minimum Gasteiger partial charge on any atom is -0.394 e. The van der Waals surface area contributed by atoms with Crippen LogP contribution in [0.1, 0.15) is 82.1 Å². The largest absolute Gasteiger partial charge is 0.394 e. The van der Waals surface area contributed by atoms with Crippen molar-refractivity contribution in [2.75, 3.05) is 35.6 Å². The van der Waals surface area contributed by atoms with E-state index in [0.29, 0.717) is 44.5 Å². The van der Waals surface area contributed by atoms with Crippen LogP contribution in [0, 0.1) is 5.92 Å². The normalized spacial score (nSPS) is 20.6. The van der Waals surface area contributed by atoms with Gasteiger partial charge in [0.2, 0.25) is 17.7 Å². The summed E-state index contributed by atoms with van der Waals surface area (Å²) in [5.41, 5.74) is 8.00. The summed E-state index contributed by atoms with van der Waals surface area (Å²) in [5.74, 6) is -1.96. The first kappa shape index (κ1) is 40.6. The van der Waals surface area contributed by atoms with Crippen LogP contribution in [0.2, 0.25) is 0 Å². The number of nitrogens with zero attached hydrogens (tertiary/aromatic N) is 6. The van der Waals surface area contributed by atoms with Crippen molar-refractivity contribution in [1.29, 1.82) is 0 Å². The highest BCUT2D eigenvalue weighted by Crippen LogP contribution is 2.48. The Labute approximate surface area is 358 Å². The molecule has 0 saturated carbocycles. The van der Waals surface area contributed by atoms with Crippen LogP contribution in [0.15, 0.2) is 91.4 Å². The number of imide groups is 2. The van der Waals surface area contributed by atoms with E-state index >= 15 is 0 Å². The lowest BCUT2D eigenvalue weighted by molar-refractivity contribution is -0.136. The first-order valence-corrected chi connectivity index (χ1v) is 21.3. The lowest BCUT2D eigenvalue weighted by Crippen LogP contribution is -2.54. The molecule has 0 bridgehead atoms. The standard InChI is InChI=1S/C46H48N10O6/c57-27-38-33-17-22-54(25-28-15-19-47-20-16-28)43(33)35-24-30(11-12-36(35)50-38)29-5-1-6-31(23-29)49-40(58)10-2-7-32-26-55(53-52-32)21-4-18-48-37-9-3-8-34-42(37)46(62)56(45(34)61)39-13-14-41(59)51-44(39)60/h1,3,5-6,8-9,11-12,15-16,19-20,23-24,26,33,38-39,43,48,50,57H,2,4,7,10,13-14,17-18,21-22,25,27H2,(H,49,58)(H,51,59,60)/t33-,38-,39?,43-/m1/s1. The van der Waals surface area contributed by atoms with Crippen LogP contribution in [0.3, 0.4) is 0 Å². The van der Waals surface area contributed by atoms with Gasteiger partial charge in [0.15, 0.2) is 0 Å². The number of pyridine rings is 1. The van der Waals surface area contributed by atoms with E-state index in [4.69, 9.17) is 0 Å². The van der Waals surface area contributed by atoms with Crippen molar-refractivity contribution in [3.63, 3.8) is 0 Å². The van der Waals surface area contributed by atoms with E-state index < -0.39 is 29.7 Å². The van der Waals surface area contributed by atoms with Crippen molar-refractivity contribution < 1.29 is 29.1 Å². The molecule has 2 fully saturated rings. The van der Waals surface area contributed by atoms with Gasteiger partial charge in [-0.05, 0) is 109 Å². The number of likely N-dealkylation sites (tertiary alicyclic amines) is 1. The van der Waals surface area contributed by atoms with Crippen molar-refractivity contribution in [2.45, 2.75) is 76.2 Å². The second-order valence-electron chi connectivity index (χ2n) is 16.4. The Morgan fingerprint density at radius 2 is 1.76 bits per heavy atom. The number of nitrogens with one attached hydrogen (secondary N) is 4. The number of carbonyl (C=O) groups excluding carboxylic acids is 5. The number of aliphatic hydroxyl groups excluding tert-OH is 1. The molecule has 5 aromatic rings. The topological polar surface area (TPSA) is 204 Å². The van der Waals surface area contributed by atoms with Gasteiger partial charge in [0.25, 0.3) is 11.8 Å². The van der Waals surface area contributed by atoms with Gasteiger partial charge in [0.05, 0.1) is 29.5 Å². The van der Waals surface area contributed by atoms with Gasteiger partial charge in [0, 0.05) is 80.1 Å². The maximum absolute atomic E-state index is 13.4. The molecule has 0 radical (unpaired) electrons. The third kappa shape index (κ3) is 8.30. The highest BCUT2D eigenvalue weighted by Gasteiger charge is 2.46. The minimum atomic E-state index is -1.02. The summed E-state index contributed by atoms with van der Waals surface area (Å²) in [6, 6.07) is 22.6. The predicted octanol–water partition coefficient (Wildman–Crippen LogP) is 4.55. The summed E-state index contributed by atoms with van der Waals surface area (Å²) in [6.07, 6.45) is 8.83. The van der Waals surface area contributed by atoms with Gasteiger partial charge in [0.1, 0.15) is 6.04 Å². The molecule has 1 unspecified atom stereocenters. The molecule has 16 heteroatoms. The molecule has 5 N–H and O–H groups in total. The van der Waals surface area contributed by atoms with Crippen molar-refractivity contribution in [3.05, 3.63) is 119 Å². The second kappa shape index (κ2) is 17.7.